The van der Waals surface area contributed by atoms with Crippen molar-refractivity contribution in [2.24, 2.45) is 0 Å². The van der Waals surface area contributed by atoms with Gasteiger partial charge in [-0.2, -0.15) is 0 Å². The Morgan fingerprint density at radius 1 is 1.15 bits per heavy atom. The van der Waals surface area contributed by atoms with Crippen molar-refractivity contribution in [3.63, 3.8) is 0 Å². The van der Waals surface area contributed by atoms with Crippen LogP contribution in [0, 0.1) is 5.82 Å². The molecule has 1 N–H and O–H groups in total. The Morgan fingerprint density at radius 3 is 2.65 bits per heavy atom. The van der Waals surface area contributed by atoms with Crippen LogP contribution >= 0.6 is 0 Å². The lowest BCUT2D eigenvalue weighted by molar-refractivity contribution is -0.115. The van der Waals surface area contributed by atoms with E-state index in [0.29, 0.717) is 11.4 Å². The second kappa shape index (κ2) is 7.60. The van der Waals surface area contributed by atoms with Gasteiger partial charge in [0.1, 0.15) is 5.82 Å². The Kier molecular flexibility index (Phi) is 5.07. The normalized spacial score (nSPS) is 10.4. The highest BCUT2D eigenvalue weighted by molar-refractivity contribution is 6.01. The van der Waals surface area contributed by atoms with E-state index in [2.05, 4.69) is 15.2 Å². The van der Waals surface area contributed by atoms with E-state index in [0.717, 1.165) is 0 Å². The molecule has 7 heteroatoms. The van der Waals surface area contributed by atoms with E-state index >= 15 is 0 Å². The minimum Gasteiger partial charge on any atom is -0.465 e. The number of carbonyl (C=O) groups excluding carboxylic acids is 2. The molecule has 132 valence electrons. The smallest absolute Gasteiger partial charge is 0.339 e. The standard InChI is InChI=1S/C19H15FN2O4/c1-25-19(24)14-7-3-5-9-16(14)21-18(23)11-12-10-17(26-22-12)13-6-2-4-8-15(13)20/h2-10H,11H2,1H3,(H,21,23). The molecule has 3 aromatic rings. The molecule has 0 fully saturated rings. The summed E-state index contributed by atoms with van der Waals surface area (Å²) in [6.07, 6.45) is -0.0898. The van der Waals surface area contributed by atoms with E-state index in [9.17, 15) is 14.0 Å². The van der Waals surface area contributed by atoms with Gasteiger partial charge in [0, 0.05) is 6.07 Å². The fourth-order valence-electron chi connectivity index (χ4n) is 2.42. The van der Waals surface area contributed by atoms with Crippen molar-refractivity contribution in [1.82, 2.24) is 5.16 Å². The van der Waals surface area contributed by atoms with E-state index in [4.69, 9.17) is 4.52 Å². The fraction of sp³-hybridized carbons (Fsp3) is 0.105. The molecule has 0 aliphatic heterocycles. The topological polar surface area (TPSA) is 81.4 Å². The molecule has 0 aliphatic carbocycles. The van der Waals surface area contributed by atoms with Gasteiger partial charge in [-0.25, -0.2) is 9.18 Å². The van der Waals surface area contributed by atoms with Gasteiger partial charge in [0.15, 0.2) is 5.76 Å². The first-order chi connectivity index (χ1) is 12.6. The van der Waals surface area contributed by atoms with E-state index in [1.807, 2.05) is 0 Å². The number of methoxy groups -OCH3 is 1. The van der Waals surface area contributed by atoms with E-state index in [1.54, 1.807) is 42.5 Å². The van der Waals surface area contributed by atoms with Gasteiger partial charge >= 0.3 is 5.97 Å². The summed E-state index contributed by atoms with van der Waals surface area (Å²) in [5.41, 5.74) is 1.19. The second-order valence-corrected chi connectivity index (χ2v) is 5.42. The first kappa shape index (κ1) is 17.3. The van der Waals surface area contributed by atoms with E-state index in [1.165, 1.54) is 19.2 Å². The Hall–Kier alpha value is -3.48. The molecular formula is C19H15FN2O4. The van der Waals surface area contributed by atoms with Crippen LogP contribution in [-0.2, 0) is 16.0 Å². The van der Waals surface area contributed by atoms with Crippen LogP contribution in [-0.4, -0.2) is 24.1 Å². The van der Waals surface area contributed by atoms with Crippen molar-refractivity contribution in [2.75, 3.05) is 12.4 Å². The first-order valence-electron chi connectivity index (χ1n) is 7.76. The summed E-state index contributed by atoms with van der Waals surface area (Å²) >= 11 is 0. The third kappa shape index (κ3) is 3.77. The molecule has 0 saturated carbocycles. The maximum atomic E-state index is 13.8. The van der Waals surface area contributed by atoms with Crippen LogP contribution in [0.5, 0.6) is 0 Å². The molecule has 1 aromatic heterocycles. The number of nitrogens with zero attached hydrogens (tertiary/aromatic N) is 1. The number of halogens is 1. The molecule has 0 spiro atoms. The SMILES string of the molecule is COC(=O)c1ccccc1NC(=O)Cc1cc(-c2ccccc2F)on1. The number of anilines is 1. The molecule has 0 atom stereocenters. The summed E-state index contributed by atoms with van der Waals surface area (Å²) in [6.45, 7) is 0. The van der Waals surface area contributed by atoms with Crippen LogP contribution in [0.25, 0.3) is 11.3 Å². The molecule has 3 rings (SSSR count). The predicted octanol–water partition coefficient (Wildman–Crippen LogP) is 3.45. The molecular weight excluding hydrogens is 339 g/mol. The van der Waals surface area contributed by atoms with Crippen LogP contribution in [0.4, 0.5) is 10.1 Å². The van der Waals surface area contributed by atoms with Crippen molar-refractivity contribution in [3.05, 3.63) is 71.7 Å². The Labute approximate surface area is 148 Å². The van der Waals surface area contributed by atoms with Gasteiger partial charge in [0.25, 0.3) is 0 Å². The summed E-state index contributed by atoms with van der Waals surface area (Å²) in [4.78, 5) is 24.0. The first-order valence-corrected chi connectivity index (χ1v) is 7.76. The molecule has 1 amide bonds. The molecule has 6 nitrogen and oxygen atoms in total. The number of carbonyl (C=O) groups is 2. The number of benzene rings is 2. The van der Waals surface area contributed by atoms with Crippen LogP contribution < -0.4 is 5.32 Å². The van der Waals surface area contributed by atoms with E-state index in [-0.39, 0.29) is 23.3 Å². The van der Waals surface area contributed by atoms with Gasteiger partial charge in [-0.15, -0.1) is 0 Å². The minimum absolute atomic E-state index is 0.0898. The molecule has 2 aromatic carbocycles. The second-order valence-electron chi connectivity index (χ2n) is 5.42. The average Bonchev–Trinajstić information content (AvgIpc) is 3.10. The number of rotatable bonds is 5. The van der Waals surface area contributed by atoms with Gasteiger partial charge in [0.05, 0.1) is 36.0 Å². The van der Waals surface area contributed by atoms with Crippen molar-refractivity contribution in [3.8, 4) is 11.3 Å². The van der Waals surface area contributed by atoms with Crippen LogP contribution in [0.15, 0.2) is 59.1 Å². The summed E-state index contributed by atoms with van der Waals surface area (Å²) in [5.74, 6) is -1.15. The largest absolute Gasteiger partial charge is 0.465 e. The lowest BCUT2D eigenvalue weighted by atomic mass is 10.1. The number of hydrogen-bond acceptors (Lipinski definition) is 5. The fourth-order valence-corrected chi connectivity index (χ4v) is 2.42. The van der Waals surface area contributed by atoms with Gasteiger partial charge in [-0.05, 0) is 24.3 Å². The monoisotopic (exact) mass is 354 g/mol. The molecule has 0 saturated heterocycles. The number of para-hydroxylation sites is 1. The summed E-state index contributed by atoms with van der Waals surface area (Å²) in [7, 11) is 1.26. The molecule has 0 bridgehead atoms. The highest BCUT2D eigenvalue weighted by Gasteiger charge is 2.16. The predicted molar refractivity (Wildman–Crippen MR) is 92.0 cm³/mol. The summed E-state index contributed by atoms with van der Waals surface area (Å²) in [6, 6.07) is 14.1. The lowest BCUT2D eigenvalue weighted by Gasteiger charge is -2.08. The molecule has 26 heavy (non-hydrogen) atoms. The third-order valence-electron chi connectivity index (χ3n) is 3.65. The van der Waals surface area contributed by atoms with Gasteiger partial charge in [0.2, 0.25) is 5.91 Å². The number of ether oxygens (including phenoxy) is 1. The zero-order valence-corrected chi connectivity index (χ0v) is 13.9. The maximum absolute atomic E-state index is 13.8. The van der Waals surface area contributed by atoms with Crippen LogP contribution in [0.2, 0.25) is 0 Å². The number of esters is 1. The molecule has 1 heterocycles. The Morgan fingerprint density at radius 2 is 1.88 bits per heavy atom. The molecule has 0 unspecified atom stereocenters. The summed E-state index contributed by atoms with van der Waals surface area (Å²) < 4.78 is 23.6. The zero-order chi connectivity index (χ0) is 18.5. The number of hydrogen-bond donors (Lipinski definition) is 1. The average molecular weight is 354 g/mol. The zero-order valence-electron chi connectivity index (χ0n) is 13.9. The number of nitrogens with one attached hydrogen (secondary N) is 1. The Balaban J connectivity index is 1.72. The summed E-state index contributed by atoms with van der Waals surface area (Å²) in [5, 5.41) is 6.43. The quantitative estimate of drug-likeness (QED) is 0.710. The van der Waals surface area contributed by atoms with E-state index < -0.39 is 17.7 Å². The van der Waals surface area contributed by atoms with Crippen molar-refractivity contribution in [1.29, 1.82) is 0 Å². The highest BCUT2D eigenvalue weighted by Crippen LogP contribution is 2.23. The Bertz CT molecular complexity index is 952. The van der Waals surface area contributed by atoms with Gasteiger partial charge < -0.3 is 14.6 Å². The lowest BCUT2D eigenvalue weighted by Crippen LogP contribution is -2.17. The molecule has 0 radical (unpaired) electrons. The van der Waals surface area contributed by atoms with Gasteiger partial charge in [-0.3, -0.25) is 4.79 Å². The van der Waals surface area contributed by atoms with Crippen molar-refractivity contribution >= 4 is 17.6 Å². The van der Waals surface area contributed by atoms with Crippen molar-refractivity contribution in [2.45, 2.75) is 6.42 Å². The van der Waals surface area contributed by atoms with Crippen LogP contribution in [0.1, 0.15) is 16.1 Å². The minimum atomic E-state index is -0.552. The highest BCUT2D eigenvalue weighted by atomic mass is 19.1. The number of amides is 1. The van der Waals surface area contributed by atoms with Crippen LogP contribution in [0.3, 0.4) is 0 Å². The number of aromatic nitrogens is 1. The third-order valence-corrected chi connectivity index (χ3v) is 3.65. The van der Waals surface area contributed by atoms with Crippen molar-refractivity contribution < 1.29 is 23.2 Å². The maximum Gasteiger partial charge on any atom is 0.339 e. The van der Waals surface area contributed by atoms with Gasteiger partial charge in [-0.1, -0.05) is 29.4 Å². The molecule has 0 aliphatic rings.